The van der Waals surface area contributed by atoms with Crippen molar-refractivity contribution < 1.29 is 4.79 Å². The molecule has 5 heteroatoms. The van der Waals surface area contributed by atoms with Gasteiger partial charge in [-0.2, -0.15) is 0 Å². The number of carbonyl (C=O) groups is 1. The van der Waals surface area contributed by atoms with Gasteiger partial charge in [-0.25, -0.2) is 9.97 Å². The molecule has 2 aromatic rings. The second kappa shape index (κ2) is 8.30. The predicted octanol–water partition coefficient (Wildman–Crippen LogP) is 4.22. The minimum Gasteiger partial charge on any atom is -0.337 e. The molecule has 0 unspecified atom stereocenters. The van der Waals surface area contributed by atoms with E-state index in [1.807, 2.05) is 4.90 Å². The Morgan fingerprint density at radius 1 is 1.15 bits per heavy atom. The Balaban J connectivity index is 1.81. The Bertz CT molecular complexity index is 744. The Labute approximate surface area is 155 Å². The van der Waals surface area contributed by atoms with Crippen LogP contribution in [0.2, 0.25) is 0 Å². The van der Waals surface area contributed by atoms with Gasteiger partial charge in [0.25, 0.3) is 5.91 Å². The van der Waals surface area contributed by atoms with Gasteiger partial charge in [0.1, 0.15) is 5.69 Å². The van der Waals surface area contributed by atoms with E-state index < -0.39 is 0 Å². The van der Waals surface area contributed by atoms with Crippen molar-refractivity contribution in [3.8, 4) is 0 Å². The monoisotopic (exact) mass is 352 g/mol. The molecule has 1 aliphatic heterocycles. The lowest BCUT2D eigenvalue weighted by molar-refractivity contribution is 0.0691. The van der Waals surface area contributed by atoms with Gasteiger partial charge in [0.2, 0.25) is 5.95 Å². The van der Waals surface area contributed by atoms with E-state index >= 15 is 0 Å². The number of piperidine rings is 1. The molecule has 0 atom stereocenters. The third-order valence-electron chi connectivity index (χ3n) is 5.18. The predicted molar refractivity (Wildman–Crippen MR) is 105 cm³/mol. The van der Waals surface area contributed by atoms with Gasteiger partial charge >= 0.3 is 0 Å². The van der Waals surface area contributed by atoms with Crippen LogP contribution in [-0.4, -0.2) is 33.9 Å². The summed E-state index contributed by atoms with van der Waals surface area (Å²) in [5.74, 6) is 1.18. The smallest absolute Gasteiger partial charge is 0.272 e. The van der Waals surface area contributed by atoms with Gasteiger partial charge < -0.3 is 10.2 Å². The largest absolute Gasteiger partial charge is 0.337 e. The molecule has 1 N–H and O–H groups in total. The first-order chi connectivity index (χ1) is 12.6. The highest BCUT2D eigenvalue weighted by Gasteiger charge is 2.22. The van der Waals surface area contributed by atoms with E-state index in [1.54, 1.807) is 12.3 Å². The average molecular weight is 352 g/mol. The van der Waals surface area contributed by atoms with Crippen molar-refractivity contribution in [1.29, 1.82) is 0 Å². The maximum atomic E-state index is 12.8. The van der Waals surface area contributed by atoms with Crippen LogP contribution in [-0.2, 0) is 12.8 Å². The SMILES string of the molecule is CCc1cccc(CC)c1Nc1nccc(C(=O)N2CCC(C)CC2)n1. The summed E-state index contributed by atoms with van der Waals surface area (Å²) in [6.07, 6.45) is 5.65. The summed E-state index contributed by atoms with van der Waals surface area (Å²) in [5, 5.41) is 3.36. The second-order valence-corrected chi connectivity index (χ2v) is 7.02. The fraction of sp³-hybridized carbons (Fsp3) is 0.476. The molecule has 2 heterocycles. The van der Waals surface area contributed by atoms with Crippen molar-refractivity contribution in [3.05, 3.63) is 47.3 Å². The quantitative estimate of drug-likeness (QED) is 0.875. The van der Waals surface area contributed by atoms with Gasteiger partial charge in [-0.15, -0.1) is 0 Å². The first kappa shape index (κ1) is 18.4. The third-order valence-corrected chi connectivity index (χ3v) is 5.18. The van der Waals surface area contributed by atoms with Crippen molar-refractivity contribution in [2.45, 2.75) is 46.5 Å². The molecule has 1 fully saturated rings. The van der Waals surface area contributed by atoms with Crippen LogP contribution in [0.1, 0.15) is 55.2 Å². The van der Waals surface area contributed by atoms with Crippen molar-refractivity contribution in [3.63, 3.8) is 0 Å². The molecule has 1 aliphatic rings. The summed E-state index contributed by atoms with van der Waals surface area (Å²) in [6.45, 7) is 8.14. The van der Waals surface area contributed by atoms with Gasteiger partial charge in [0.05, 0.1) is 0 Å². The lowest BCUT2D eigenvalue weighted by Crippen LogP contribution is -2.38. The highest BCUT2D eigenvalue weighted by atomic mass is 16.2. The van der Waals surface area contributed by atoms with E-state index in [4.69, 9.17) is 0 Å². The second-order valence-electron chi connectivity index (χ2n) is 7.02. The van der Waals surface area contributed by atoms with E-state index in [2.05, 4.69) is 54.3 Å². The number of hydrogen-bond acceptors (Lipinski definition) is 4. The maximum Gasteiger partial charge on any atom is 0.272 e. The van der Waals surface area contributed by atoms with Crippen LogP contribution in [0, 0.1) is 5.92 Å². The van der Waals surface area contributed by atoms with Gasteiger partial charge in [0, 0.05) is 25.0 Å². The lowest BCUT2D eigenvalue weighted by atomic mass is 9.99. The molecule has 0 aliphatic carbocycles. The summed E-state index contributed by atoms with van der Waals surface area (Å²) in [4.78, 5) is 23.5. The fourth-order valence-corrected chi connectivity index (χ4v) is 3.43. The first-order valence-electron chi connectivity index (χ1n) is 9.62. The molecule has 26 heavy (non-hydrogen) atoms. The van der Waals surface area contributed by atoms with Crippen LogP contribution in [0.25, 0.3) is 0 Å². The number of hydrogen-bond donors (Lipinski definition) is 1. The minimum atomic E-state index is 0.00171. The van der Waals surface area contributed by atoms with Crippen LogP contribution < -0.4 is 5.32 Å². The van der Waals surface area contributed by atoms with E-state index in [-0.39, 0.29) is 5.91 Å². The number of nitrogens with one attached hydrogen (secondary N) is 1. The zero-order valence-electron chi connectivity index (χ0n) is 16.0. The van der Waals surface area contributed by atoms with E-state index in [0.29, 0.717) is 17.6 Å². The fourth-order valence-electron chi connectivity index (χ4n) is 3.43. The molecule has 0 bridgehead atoms. The van der Waals surface area contributed by atoms with Gasteiger partial charge in [0.15, 0.2) is 0 Å². The standard InChI is InChI=1S/C21H28N4O/c1-4-16-7-6-8-17(5-2)19(16)24-21-22-12-9-18(23-21)20(26)25-13-10-15(3)11-14-25/h6-9,12,15H,4-5,10-11,13-14H2,1-3H3,(H,22,23,24). The summed E-state index contributed by atoms with van der Waals surface area (Å²) in [5.41, 5.74) is 3.99. The van der Waals surface area contributed by atoms with Crippen LogP contribution in [0.3, 0.4) is 0 Å². The van der Waals surface area contributed by atoms with Gasteiger partial charge in [-0.1, -0.05) is 39.0 Å². The Hall–Kier alpha value is -2.43. The summed E-state index contributed by atoms with van der Waals surface area (Å²) >= 11 is 0. The molecule has 3 rings (SSSR count). The van der Waals surface area contributed by atoms with Crippen LogP contribution in [0.5, 0.6) is 0 Å². The van der Waals surface area contributed by atoms with Crippen molar-refractivity contribution in [1.82, 2.24) is 14.9 Å². The van der Waals surface area contributed by atoms with E-state index in [0.717, 1.165) is 44.5 Å². The molecule has 1 amide bonds. The van der Waals surface area contributed by atoms with Crippen molar-refractivity contribution in [2.24, 2.45) is 5.92 Å². The number of likely N-dealkylation sites (tertiary alicyclic amines) is 1. The summed E-state index contributed by atoms with van der Waals surface area (Å²) < 4.78 is 0. The number of amides is 1. The maximum absolute atomic E-state index is 12.8. The molecule has 5 nitrogen and oxygen atoms in total. The summed E-state index contributed by atoms with van der Waals surface area (Å²) in [6, 6.07) is 8.02. The molecular weight excluding hydrogens is 324 g/mol. The van der Waals surface area contributed by atoms with Crippen LogP contribution in [0.4, 0.5) is 11.6 Å². The van der Waals surface area contributed by atoms with E-state index in [9.17, 15) is 4.79 Å². The van der Waals surface area contributed by atoms with Crippen LogP contribution >= 0.6 is 0 Å². The Kier molecular flexibility index (Phi) is 5.86. The number of benzene rings is 1. The Morgan fingerprint density at radius 3 is 2.42 bits per heavy atom. The molecular formula is C21H28N4O. The van der Waals surface area contributed by atoms with E-state index in [1.165, 1.54) is 11.1 Å². The zero-order valence-corrected chi connectivity index (χ0v) is 16.0. The molecule has 1 aromatic carbocycles. The third kappa shape index (κ3) is 4.03. The highest BCUT2D eigenvalue weighted by molar-refractivity contribution is 5.92. The molecule has 138 valence electrons. The molecule has 0 saturated carbocycles. The molecule has 1 saturated heterocycles. The minimum absolute atomic E-state index is 0.00171. The van der Waals surface area contributed by atoms with Crippen LogP contribution in [0.15, 0.2) is 30.5 Å². The molecule has 0 spiro atoms. The zero-order chi connectivity index (χ0) is 18.5. The number of aryl methyl sites for hydroxylation is 2. The first-order valence-corrected chi connectivity index (χ1v) is 9.62. The van der Waals surface area contributed by atoms with Crippen molar-refractivity contribution in [2.75, 3.05) is 18.4 Å². The number of para-hydroxylation sites is 1. The number of nitrogens with zero attached hydrogens (tertiary/aromatic N) is 3. The Morgan fingerprint density at radius 2 is 1.81 bits per heavy atom. The summed E-state index contributed by atoms with van der Waals surface area (Å²) in [7, 11) is 0. The van der Waals surface area contributed by atoms with Crippen molar-refractivity contribution >= 4 is 17.5 Å². The lowest BCUT2D eigenvalue weighted by Gasteiger charge is -2.30. The van der Waals surface area contributed by atoms with Gasteiger partial charge in [-0.05, 0) is 48.8 Å². The average Bonchev–Trinajstić information content (AvgIpc) is 2.68. The molecule has 0 radical (unpaired) electrons. The number of aromatic nitrogens is 2. The number of carbonyl (C=O) groups excluding carboxylic acids is 1. The number of rotatable bonds is 5. The highest BCUT2D eigenvalue weighted by Crippen LogP contribution is 2.25. The number of anilines is 2. The normalized spacial score (nSPS) is 15.1. The topological polar surface area (TPSA) is 58.1 Å². The molecule has 1 aromatic heterocycles. The van der Waals surface area contributed by atoms with Gasteiger partial charge in [-0.3, -0.25) is 4.79 Å².